The average molecular weight is 517 g/mol. The molecule has 0 aliphatic carbocycles. The van der Waals surface area contributed by atoms with Gasteiger partial charge in [-0.3, -0.25) is 4.99 Å². The summed E-state index contributed by atoms with van der Waals surface area (Å²) < 4.78 is 38.5. The summed E-state index contributed by atoms with van der Waals surface area (Å²) in [5.41, 5.74) is 2.34. The summed E-state index contributed by atoms with van der Waals surface area (Å²) in [6.45, 7) is 3.94. The standard InChI is InChI=1S/C21H25F2N3O2.HI/c1-14-3-4-15(20(9-14)28-18-7-8-27-13-18)11-25-21(24-2)26-12-16-10-17(22)5-6-19(16)23;/h3-6,9-10,18H,7-8,11-13H2,1-2H3,(H2,24,25,26);1H. The molecule has 0 amide bonds. The lowest BCUT2D eigenvalue weighted by atomic mass is 10.1. The molecule has 0 bridgehead atoms. The highest BCUT2D eigenvalue weighted by Crippen LogP contribution is 2.23. The van der Waals surface area contributed by atoms with Crippen molar-refractivity contribution >= 4 is 29.9 Å². The van der Waals surface area contributed by atoms with Crippen molar-refractivity contribution in [3.63, 3.8) is 0 Å². The molecule has 8 heteroatoms. The zero-order valence-corrected chi connectivity index (χ0v) is 18.8. The van der Waals surface area contributed by atoms with E-state index in [9.17, 15) is 8.78 Å². The number of hydrogen-bond acceptors (Lipinski definition) is 3. The molecule has 5 nitrogen and oxygen atoms in total. The fraction of sp³-hybridized carbons (Fsp3) is 0.381. The van der Waals surface area contributed by atoms with E-state index < -0.39 is 11.6 Å². The molecule has 0 spiro atoms. The van der Waals surface area contributed by atoms with E-state index in [2.05, 4.69) is 15.6 Å². The van der Waals surface area contributed by atoms with Crippen LogP contribution in [-0.4, -0.2) is 32.3 Å². The smallest absolute Gasteiger partial charge is 0.191 e. The normalized spacial score (nSPS) is 16.3. The molecule has 1 saturated heterocycles. The minimum absolute atomic E-state index is 0. The lowest BCUT2D eigenvalue weighted by molar-refractivity contribution is 0.140. The number of halogens is 3. The molecule has 2 aromatic carbocycles. The monoisotopic (exact) mass is 517 g/mol. The fourth-order valence-electron chi connectivity index (χ4n) is 2.96. The first-order valence-corrected chi connectivity index (χ1v) is 9.27. The van der Waals surface area contributed by atoms with Crippen LogP contribution in [0.1, 0.15) is 23.1 Å². The molecule has 1 fully saturated rings. The first-order chi connectivity index (χ1) is 13.5. The molecular formula is C21H26F2IN3O2. The van der Waals surface area contributed by atoms with Crippen molar-refractivity contribution in [3.05, 3.63) is 64.7 Å². The number of benzene rings is 2. The second kappa shape index (κ2) is 11.3. The Kier molecular flexibility index (Phi) is 9.09. The van der Waals surface area contributed by atoms with Gasteiger partial charge < -0.3 is 20.1 Å². The third-order valence-corrected chi connectivity index (χ3v) is 4.53. The molecule has 1 aliphatic rings. The second-order valence-electron chi connectivity index (χ2n) is 6.73. The Morgan fingerprint density at radius 2 is 1.90 bits per heavy atom. The van der Waals surface area contributed by atoms with E-state index in [0.717, 1.165) is 42.0 Å². The minimum Gasteiger partial charge on any atom is -0.488 e. The van der Waals surface area contributed by atoms with E-state index in [1.165, 1.54) is 6.07 Å². The van der Waals surface area contributed by atoms with Crippen LogP contribution in [-0.2, 0) is 17.8 Å². The van der Waals surface area contributed by atoms with Crippen molar-refractivity contribution in [2.24, 2.45) is 4.99 Å². The van der Waals surface area contributed by atoms with Gasteiger partial charge in [0, 0.05) is 37.7 Å². The Bertz CT molecular complexity index is 843. The van der Waals surface area contributed by atoms with E-state index in [1.54, 1.807) is 7.05 Å². The van der Waals surface area contributed by atoms with Crippen LogP contribution in [0.5, 0.6) is 5.75 Å². The summed E-state index contributed by atoms with van der Waals surface area (Å²) in [5, 5.41) is 6.19. The van der Waals surface area contributed by atoms with E-state index in [1.807, 2.05) is 25.1 Å². The van der Waals surface area contributed by atoms with Crippen LogP contribution in [0, 0.1) is 18.6 Å². The van der Waals surface area contributed by atoms with Gasteiger partial charge in [0.15, 0.2) is 5.96 Å². The predicted molar refractivity (Wildman–Crippen MR) is 120 cm³/mol. The molecule has 0 saturated carbocycles. The van der Waals surface area contributed by atoms with E-state index in [0.29, 0.717) is 19.1 Å². The maximum absolute atomic E-state index is 13.8. The summed E-state index contributed by atoms with van der Waals surface area (Å²) in [7, 11) is 1.62. The zero-order chi connectivity index (χ0) is 19.9. The highest BCUT2D eigenvalue weighted by atomic mass is 127. The van der Waals surface area contributed by atoms with Gasteiger partial charge in [-0.05, 0) is 36.8 Å². The van der Waals surface area contributed by atoms with Crippen molar-refractivity contribution in [2.45, 2.75) is 32.5 Å². The molecule has 29 heavy (non-hydrogen) atoms. The molecule has 1 unspecified atom stereocenters. The molecular weight excluding hydrogens is 491 g/mol. The summed E-state index contributed by atoms with van der Waals surface area (Å²) in [4.78, 5) is 4.14. The number of nitrogens with zero attached hydrogens (tertiary/aromatic N) is 1. The highest BCUT2D eigenvalue weighted by molar-refractivity contribution is 14.0. The van der Waals surface area contributed by atoms with Gasteiger partial charge in [0.05, 0.1) is 13.2 Å². The van der Waals surface area contributed by atoms with Crippen molar-refractivity contribution in [3.8, 4) is 5.75 Å². The van der Waals surface area contributed by atoms with Crippen LogP contribution in [0.4, 0.5) is 8.78 Å². The number of guanidine groups is 1. The lowest BCUT2D eigenvalue weighted by Crippen LogP contribution is -2.36. The van der Waals surface area contributed by atoms with E-state index >= 15 is 0 Å². The highest BCUT2D eigenvalue weighted by Gasteiger charge is 2.18. The number of nitrogens with one attached hydrogen (secondary N) is 2. The molecule has 3 rings (SSSR count). The van der Waals surface area contributed by atoms with Crippen molar-refractivity contribution in [1.29, 1.82) is 0 Å². The zero-order valence-electron chi connectivity index (χ0n) is 16.5. The number of aliphatic imine (C=N–C) groups is 1. The first kappa shape index (κ1) is 23.3. The largest absolute Gasteiger partial charge is 0.488 e. The maximum atomic E-state index is 13.8. The van der Waals surface area contributed by atoms with Gasteiger partial charge in [0.2, 0.25) is 0 Å². The molecule has 1 aliphatic heterocycles. The van der Waals surface area contributed by atoms with Gasteiger partial charge in [-0.2, -0.15) is 0 Å². The van der Waals surface area contributed by atoms with Gasteiger partial charge in [-0.25, -0.2) is 8.78 Å². The maximum Gasteiger partial charge on any atom is 0.191 e. The topological polar surface area (TPSA) is 54.9 Å². The van der Waals surface area contributed by atoms with Gasteiger partial charge in [0.25, 0.3) is 0 Å². The fourth-order valence-corrected chi connectivity index (χ4v) is 2.96. The molecule has 2 aromatic rings. The lowest BCUT2D eigenvalue weighted by Gasteiger charge is -2.18. The van der Waals surface area contributed by atoms with Crippen LogP contribution in [0.15, 0.2) is 41.4 Å². The Labute approximate surface area is 186 Å². The van der Waals surface area contributed by atoms with E-state index in [4.69, 9.17) is 9.47 Å². The van der Waals surface area contributed by atoms with E-state index in [-0.39, 0.29) is 42.2 Å². The molecule has 2 N–H and O–H groups in total. The van der Waals surface area contributed by atoms with Crippen molar-refractivity contribution in [1.82, 2.24) is 10.6 Å². The molecule has 0 radical (unpaired) electrons. The third kappa shape index (κ3) is 6.81. The average Bonchev–Trinajstić information content (AvgIpc) is 3.19. The van der Waals surface area contributed by atoms with Crippen LogP contribution in [0.2, 0.25) is 0 Å². The van der Waals surface area contributed by atoms with Crippen molar-refractivity contribution < 1.29 is 18.3 Å². The molecule has 0 aromatic heterocycles. The summed E-state index contributed by atoms with van der Waals surface area (Å²) in [6.07, 6.45) is 0.942. The summed E-state index contributed by atoms with van der Waals surface area (Å²) in [6, 6.07) is 9.42. The van der Waals surface area contributed by atoms with Gasteiger partial charge in [-0.15, -0.1) is 24.0 Å². The van der Waals surface area contributed by atoms with Crippen LogP contribution >= 0.6 is 24.0 Å². The van der Waals surface area contributed by atoms with Gasteiger partial charge in [0.1, 0.15) is 23.5 Å². The Hall–Kier alpha value is -1.94. The Morgan fingerprint density at radius 3 is 2.59 bits per heavy atom. The van der Waals surface area contributed by atoms with Crippen LogP contribution in [0.3, 0.4) is 0 Å². The van der Waals surface area contributed by atoms with Crippen LogP contribution < -0.4 is 15.4 Å². The quantitative estimate of drug-likeness (QED) is 0.347. The predicted octanol–water partition coefficient (Wildman–Crippen LogP) is 3.92. The number of aryl methyl sites for hydroxylation is 1. The second-order valence-corrected chi connectivity index (χ2v) is 6.73. The molecule has 158 valence electrons. The first-order valence-electron chi connectivity index (χ1n) is 9.27. The SMILES string of the molecule is CN=C(NCc1cc(F)ccc1F)NCc1ccc(C)cc1OC1CCOC1.I. The molecule has 1 heterocycles. The van der Waals surface area contributed by atoms with Gasteiger partial charge >= 0.3 is 0 Å². The molecule has 1 atom stereocenters. The Balaban J connectivity index is 0.00000300. The van der Waals surface area contributed by atoms with Crippen molar-refractivity contribution in [2.75, 3.05) is 20.3 Å². The van der Waals surface area contributed by atoms with Crippen LogP contribution in [0.25, 0.3) is 0 Å². The number of rotatable bonds is 6. The summed E-state index contributed by atoms with van der Waals surface area (Å²) >= 11 is 0. The number of ether oxygens (including phenoxy) is 2. The summed E-state index contributed by atoms with van der Waals surface area (Å²) in [5.74, 6) is 0.366. The Morgan fingerprint density at radius 1 is 1.14 bits per heavy atom. The minimum atomic E-state index is -0.474. The number of hydrogen-bond donors (Lipinski definition) is 2. The van der Waals surface area contributed by atoms with Gasteiger partial charge in [-0.1, -0.05) is 12.1 Å². The third-order valence-electron chi connectivity index (χ3n) is 4.53.